The molecule has 1 N–H and O–H groups in total. The number of aryl methyl sites for hydroxylation is 2. The average Bonchev–Trinajstić information content (AvgIpc) is 2.76. The Morgan fingerprint density at radius 1 is 0.792 bits per heavy atom. The Hall–Kier alpha value is -2.87. The summed E-state index contributed by atoms with van der Waals surface area (Å²) in [4.78, 5) is 0. The van der Waals surface area contributed by atoms with Crippen LogP contribution < -0.4 is 0 Å². The summed E-state index contributed by atoms with van der Waals surface area (Å²) in [7, 11) is 0. The van der Waals surface area contributed by atoms with Gasteiger partial charge < -0.3 is 5.11 Å². The fourth-order valence-electron chi connectivity index (χ4n) is 3.36. The van der Waals surface area contributed by atoms with Crippen molar-refractivity contribution in [3.05, 3.63) is 100 Å². The molecule has 0 bridgehead atoms. The Labute approximate surface area is 140 Å². The summed E-state index contributed by atoms with van der Waals surface area (Å²) in [5.41, 5.74) is 6.93. The van der Waals surface area contributed by atoms with E-state index in [0.29, 0.717) is 0 Å². The fraction of sp³-hybridized carbons (Fsp3) is 0.0909. The summed E-state index contributed by atoms with van der Waals surface area (Å²) < 4.78 is 13.3. The SMILES string of the molecule is Oc1cc(C=C2c3ccccc3CCc3ccccc32)ccc1F. The molecular formula is C22H17FO. The van der Waals surface area contributed by atoms with Gasteiger partial charge in [0.2, 0.25) is 0 Å². The van der Waals surface area contributed by atoms with E-state index in [-0.39, 0.29) is 5.75 Å². The van der Waals surface area contributed by atoms with Crippen LogP contribution in [0.3, 0.4) is 0 Å². The van der Waals surface area contributed by atoms with E-state index in [4.69, 9.17) is 0 Å². The van der Waals surface area contributed by atoms with Crippen LogP contribution in [-0.2, 0) is 12.8 Å². The van der Waals surface area contributed by atoms with Gasteiger partial charge in [-0.1, -0.05) is 54.6 Å². The van der Waals surface area contributed by atoms with Gasteiger partial charge in [-0.15, -0.1) is 0 Å². The highest BCUT2D eigenvalue weighted by atomic mass is 19.1. The molecular weight excluding hydrogens is 299 g/mol. The molecule has 0 saturated heterocycles. The van der Waals surface area contributed by atoms with E-state index < -0.39 is 5.82 Å². The normalized spacial score (nSPS) is 13.0. The van der Waals surface area contributed by atoms with Gasteiger partial charge in [0, 0.05) is 0 Å². The minimum atomic E-state index is -0.598. The molecule has 0 radical (unpaired) electrons. The van der Waals surface area contributed by atoms with Gasteiger partial charge in [0.05, 0.1) is 0 Å². The Bertz CT molecular complexity index is 891. The molecule has 3 aromatic rings. The quantitative estimate of drug-likeness (QED) is 0.652. The standard InChI is InChI=1S/C22H17FO/c23-21-12-9-15(14-22(21)24)13-20-18-7-3-1-5-16(18)10-11-17-6-2-4-8-19(17)20/h1-9,12-14,24H,10-11H2. The summed E-state index contributed by atoms with van der Waals surface area (Å²) in [6.45, 7) is 0. The molecule has 0 spiro atoms. The summed E-state index contributed by atoms with van der Waals surface area (Å²) in [6.07, 6.45) is 4.03. The van der Waals surface area contributed by atoms with Gasteiger partial charge in [0.1, 0.15) is 0 Å². The third-order valence-electron chi connectivity index (χ3n) is 4.56. The largest absolute Gasteiger partial charge is 0.505 e. The van der Waals surface area contributed by atoms with E-state index in [0.717, 1.165) is 24.0 Å². The van der Waals surface area contributed by atoms with Crippen LogP contribution in [-0.4, -0.2) is 5.11 Å². The Kier molecular flexibility index (Phi) is 3.66. The van der Waals surface area contributed by atoms with Crippen LogP contribution >= 0.6 is 0 Å². The number of rotatable bonds is 1. The predicted octanol–water partition coefficient (Wildman–Crippen LogP) is 5.22. The van der Waals surface area contributed by atoms with Gasteiger partial charge in [-0.3, -0.25) is 0 Å². The zero-order chi connectivity index (χ0) is 16.5. The van der Waals surface area contributed by atoms with Crippen LogP contribution in [0.1, 0.15) is 27.8 Å². The summed E-state index contributed by atoms with van der Waals surface area (Å²) in [6, 6.07) is 21.3. The number of phenols is 1. The lowest BCUT2D eigenvalue weighted by molar-refractivity contribution is 0.432. The zero-order valence-electron chi connectivity index (χ0n) is 13.2. The summed E-state index contributed by atoms with van der Waals surface area (Å²) in [5, 5.41) is 9.67. The first kappa shape index (κ1) is 14.7. The maximum Gasteiger partial charge on any atom is 0.164 e. The van der Waals surface area contributed by atoms with Crippen LogP contribution in [0.5, 0.6) is 5.75 Å². The Balaban J connectivity index is 1.95. The highest BCUT2D eigenvalue weighted by Gasteiger charge is 2.17. The van der Waals surface area contributed by atoms with E-state index in [2.05, 4.69) is 36.4 Å². The molecule has 0 aromatic heterocycles. The molecule has 0 aliphatic heterocycles. The average molecular weight is 316 g/mol. The second-order valence-electron chi connectivity index (χ2n) is 6.08. The van der Waals surface area contributed by atoms with Crippen molar-refractivity contribution in [3.63, 3.8) is 0 Å². The second kappa shape index (κ2) is 5.97. The third-order valence-corrected chi connectivity index (χ3v) is 4.56. The molecule has 0 fully saturated rings. The number of fused-ring (bicyclic) bond motifs is 2. The lowest BCUT2D eigenvalue weighted by atomic mass is 9.92. The highest BCUT2D eigenvalue weighted by Crippen LogP contribution is 2.35. The number of hydrogen-bond acceptors (Lipinski definition) is 1. The fourth-order valence-corrected chi connectivity index (χ4v) is 3.36. The smallest absolute Gasteiger partial charge is 0.164 e. The van der Waals surface area contributed by atoms with Crippen molar-refractivity contribution in [1.29, 1.82) is 0 Å². The van der Waals surface area contributed by atoms with Crippen LogP contribution in [0, 0.1) is 5.82 Å². The van der Waals surface area contributed by atoms with Gasteiger partial charge in [0.25, 0.3) is 0 Å². The van der Waals surface area contributed by atoms with Crippen LogP contribution in [0.25, 0.3) is 11.6 Å². The van der Waals surface area contributed by atoms with Gasteiger partial charge in [-0.2, -0.15) is 0 Å². The van der Waals surface area contributed by atoms with E-state index in [1.54, 1.807) is 6.07 Å². The van der Waals surface area contributed by atoms with E-state index in [1.807, 2.05) is 18.2 Å². The third kappa shape index (κ3) is 2.61. The summed E-state index contributed by atoms with van der Waals surface area (Å²) >= 11 is 0. The minimum absolute atomic E-state index is 0.320. The molecule has 0 heterocycles. The molecule has 0 saturated carbocycles. The molecule has 1 nitrogen and oxygen atoms in total. The monoisotopic (exact) mass is 316 g/mol. The number of halogens is 1. The van der Waals surface area contributed by atoms with Gasteiger partial charge in [-0.25, -0.2) is 4.39 Å². The number of phenolic OH excluding ortho intramolecular Hbond substituents is 1. The first-order valence-corrected chi connectivity index (χ1v) is 8.09. The van der Waals surface area contributed by atoms with Crippen molar-refractivity contribution in [2.24, 2.45) is 0 Å². The van der Waals surface area contributed by atoms with E-state index in [9.17, 15) is 9.50 Å². The van der Waals surface area contributed by atoms with Gasteiger partial charge in [-0.05, 0) is 64.4 Å². The van der Waals surface area contributed by atoms with Crippen molar-refractivity contribution in [2.45, 2.75) is 12.8 Å². The molecule has 3 aromatic carbocycles. The summed E-state index contributed by atoms with van der Waals surface area (Å²) in [5.74, 6) is -0.918. The molecule has 0 amide bonds. The van der Waals surface area contributed by atoms with Crippen LogP contribution in [0.2, 0.25) is 0 Å². The van der Waals surface area contributed by atoms with Crippen molar-refractivity contribution in [1.82, 2.24) is 0 Å². The van der Waals surface area contributed by atoms with Crippen molar-refractivity contribution in [2.75, 3.05) is 0 Å². The topological polar surface area (TPSA) is 20.2 Å². The maximum atomic E-state index is 13.3. The van der Waals surface area contributed by atoms with Gasteiger partial charge >= 0.3 is 0 Å². The lowest BCUT2D eigenvalue weighted by Gasteiger charge is -2.12. The maximum absolute atomic E-state index is 13.3. The first-order valence-electron chi connectivity index (χ1n) is 8.09. The van der Waals surface area contributed by atoms with E-state index in [1.165, 1.54) is 34.4 Å². The number of aromatic hydroxyl groups is 1. The molecule has 2 heteroatoms. The molecule has 1 aliphatic carbocycles. The number of benzene rings is 3. The molecule has 24 heavy (non-hydrogen) atoms. The molecule has 118 valence electrons. The van der Waals surface area contributed by atoms with Crippen LogP contribution in [0.4, 0.5) is 4.39 Å². The Morgan fingerprint density at radius 3 is 1.96 bits per heavy atom. The Morgan fingerprint density at radius 2 is 1.38 bits per heavy atom. The van der Waals surface area contributed by atoms with Gasteiger partial charge in [0.15, 0.2) is 11.6 Å². The van der Waals surface area contributed by atoms with Crippen molar-refractivity contribution in [3.8, 4) is 5.75 Å². The second-order valence-corrected chi connectivity index (χ2v) is 6.08. The number of hydrogen-bond donors (Lipinski definition) is 1. The van der Waals surface area contributed by atoms with Crippen molar-refractivity contribution >= 4 is 11.6 Å². The minimum Gasteiger partial charge on any atom is -0.505 e. The molecule has 0 unspecified atom stereocenters. The lowest BCUT2D eigenvalue weighted by Crippen LogP contribution is -1.92. The molecule has 1 aliphatic rings. The van der Waals surface area contributed by atoms with Crippen molar-refractivity contribution < 1.29 is 9.50 Å². The molecule has 0 atom stereocenters. The van der Waals surface area contributed by atoms with E-state index >= 15 is 0 Å². The van der Waals surface area contributed by atoms with Crippen LogP contribution in [0.15, 0.2) is 66.7 Å². The highest BCUT2D eigenvalue weighted by molar-refractivity contribution is 5.94. The first-order chi connectivity index (χ1) is 11.7. The zero-order valence-corrected chi connectivity index (χ0v) is 13.2. The molecule has 4 rings (SSSR count). The predicted molar refractivity (Wildman–Crippen MR) is 95.3 cm³/mol.